The number of halogens is 2. The third kappa shape index (κ3) is 2.90. The van der Waals surface area contributed by atoms with E-state index in [9.17, 15) is 13.9 Å². The highest BCUT2D eigenvalue weighted by atomic mass is 19.1. The number of aliphatic hydroxyl groups is 1. The summed E-state index contributed by atoms with van der Waals surface area (Å²) in [5.41, 5.74) is 5.68. The van der Waals surface area contributed by atoms with Gasteiger partial charge in [-0.15, -0.1) is 0 Å². The molecule has 2 rings (SSSR count). The molecular formula is C13H18F2N2O. The van der Waals surface area contributed by atoms with Crippen LogP contribution in [0.4, 0.5) is 20.2 Å². The molecule has 1 fully saturated rings. The van der Waals surface area contributed by atoms with Crippen molar-refractivity contribution in [3.05, 3.63) is 23.8 Å². The molecule has 0 bridgehead atoms. The molecule has 3 nitrogen and oxygen atoms in total. The Morgan fingerprint density at radius 3 is 2.67 bits per heavy atom. The van der Waals surface area contributed by atoms with Gasteiger partial charge < -0.3 is 16.2 Å². The second kappa shape index (κ2) is 5.52. The first-order valence-corrected chi connectivity index (χ1v) is 6.27. The molecule has 0 saturated heterocycles. The zero-order valence-corrected chi connectivity index (χ0v) is 10.1. The zero-order chi connectivity index (χ0) is 13.1. The summed E-state index contributed by atoms with van der Waals surface area (Å²) in [5, 5.41) is 12.9. The molecular weight excluding hydrogens is 238 g/mol. The van der Waals surface area contributed by atoms with Crippen molar-refractivity contribution in [1.82, 2.24) is 0 Å². The van der Waals surface area contributed by atoms with Crippen LogP contribution in [0.25, 0.3) is 0 Å². The van der Waals surface area contributed by atoms with Crippen LogP contribution in [0.2, 0.25) is 0 Å². The quantitative estimate of drug-likeness (QED) is 0.563. The van der Waals surface area contributed by atoms with Crippen molar-refractivity contribution < 1.29 is 13.9 Å². The summed E-state index contributed by atoms with van der Waals surface area (Å²) >= 11 is 0. The molecule has 1 saturated carbocycles. The number of benzene rings is 1. The molecule has 18 heavy (non-hydrogen) atoms. The summed E-state index contributed by atoms with van der Waals surface area (Å²) in [4.78, 5) is 0. The number of rotatable bonds is 2. The van der Waals surface area contributed by atoms with E-state index in [-0.39, 0.29) is 17.4 Å². The van der Waals surface area contributed by atoms with Crippen LogP contribution in [0.5, 0.6) is 0 Å². The third-order valence-electron chi connectivity index (χ3n) is 3.41. The van der Waals surface area contributed by atoms with Crippen LogP contribution in [0, 0.1) is 11.6 Å². The molecule has 2 unspecified atom stereocenters. The topological polar surface area (TPSA) is 58.3 Å². The highest BCUT2D eigenvalue weighted by Crippen LogP contribution is 2.27. The number of hydrogen-bond donors (Lipinski definition) is 3. The van der Waals surface area contributed by atoms with Gasteiger partial charge in [0, 0.05) is 6.07 Å². The summed E-state index contributed by atoms with van der Waals surface area (Å²) in [7, 11) is 0. The first-order chi connectivity index (χ1) is 8.58. The van der Waals surface area contributed by atoms with Gasteiger partial charge in [-0.05, 0) is 18.9 Å². The van der Waals surface area contributed by atoms with Gasteiger partial charge in [-0.3, -0.25) is 0 Å². The molecule has 1 aromatic rings. The smallest absolute Gasteiger partial charge is 0.151 e. The monoisotopic (exact) mass is 256 g/mol. The summed E-state index contributed by atoms with van der Waals surface area (Å²) in [6.07, 6.45) is 4.02. The van der Waals surface area contributed by atoms with Gasteiger partial charge >= 0.3 is 0 Å². The van der Waals surface area contributed by atoms with Crippen LogP contribution < -0.4 is 11.1 Å². The first-order valence-electron chi connectivity index (χ1n) is 6.27. The minimum absolute atomic E-state index is 0.104. The summed E-state index contributed by atoms with van der Waals surface area (Å²) in [6, 6.07) is 1.72. The first kappa shape index (κ1) is 13.1. The number of aliphatic hydroxyl groups excluding tert-OH is 1. The fourth-order valence-electron chi connectivity index (χ4n) is 2.36. The van der Waals surface area contributed by atoms with Gasteiger partial charge in [-0.25, -0.2) is 8.78 Å². The van der Waals surface area contributed by atoms with Crippen LogP contribution in [0.1, 0.15) is 32.1 Å². The van der Waals surface area contributed by atoms with Gasteiger partial charge in [-0.1, -0.05) is 19.3 Å². The van der Waals surface area contributed by atoms with E-state index < -0.39 is 17.7 Å². The number of nitrogen functional groups attached to an aromatic ring is 1. The Balaban J connectivity index is 2.17. The number of nitrogens with one attached hydrogen (secondary N) is 1. The molecule has 0 heterocycles. The maximum absolute atomic E-state index is 13.3. The molecule has 4 N–H and O–H groups in total. The fourth-order valence-corrected chi connectivity index (χ4v) is 2.36. The van der Waals surface area contributed by atoms with Crippen molar-refractivity contribution in [3.8, 4) is 0 Å². The summed E-state index contributed by atoms with van der Waals surface area (Å²) in [6.45, 7) is 0. The van der Waals surface area contributed by atoms with Crippen LogP contribution in [0.15, 0.2) is 12.1 Å². The SMILES string of the molecule is Nc1c(F)cc(F)cc1NC1CCCCCC1O. The lowest BCUT2D eigenvalue weighted by molar-refractivity contribution is 0.144. The molecule has 1 aliphatic rings. The lowest BCUT2D eigenvalue weighted by atomic mass is 10.1. The number of hydrogen-bond acceptors (Lipinski definition) is 3. The fraction of sp³-hybridized carbons (Fsp3) is 0.538. The van der Waals surface area contributed by atoms with Gasteiger partial charge in [-0.2, -0.15) is 0 Å². The Morgan fingerprint density at radius 1 is 1.17 bits per heavy atom. The minimum Gasteiger partial charge on any atom is -0.395 e. The number of nitrogens with two attached hydrogens (primary N) is 1. The van der Waals surface area contributed by atoms with E-state index in [0.29, 0.717) is 6.42 Å². The molecule has 0 radical (unpaired) electrons. The van der Waals surface area contributed by atoms with Gasteiger partial charge in [0.1, 0.15) is 5.82 Å². The summed E-state index contributed by atoms with van der Waals surface area (Å²) < 4.78 is 26.4. The van der Waals surface area contributed by atoms with E-state index in [1.807, 2.05) is 0 Å². The Hall–Kier alpha value is -1.36. The summed E-state index contributed by atoms with van der Waals surface area (Å²) in [5.74, 6) is -1.45. The standard InChI is InChI=1S/C13H18F2N2O/c14-8-6-9(15)13(16)11(7-8)17-10-4-2-1-3-5-12(10)18/h6-7,10,12,17-18H,1-5,16H2. The maximum atomic E-state index is 13.3. The van der Waals surface area contributed by atoms with Crippen molar-refractivity contribution >= 4 is 11.4 Å². The lowest BCUT2D eigenvalue weighted by Crippen LogP contribution is -2.32. The Morgan fingerprint density at radius 2 is 1.89 bits per heavy atom. The molecule has 0 aliphatic heterocycles. The van der Waals surface area contributed by atoms with Crippen molar-refractivity contribution in [3.63, 3.8) is 0 Å². The van der Waals surface area contributed by atoms with Crippen molar-refractivity contribution in [2.45, 2.75) is 44.2 Å². The van der Waals surface area contributed by atoms with E-state index in [1.54, 1.807) is 0 Å². The maximum Gasteiger partial charge on any atom is 0.151 e. The largest absolute Gasteiger partial charge is 0.395 e. The highest BCUT2D eigenvalue weighted by molar-refractivity contribution is 5.67. The zero-order valence-electron chi connectivity index (χ0n) is 10.1. The van der Waals surface area contributed by atoms with Crippen molar-refractivity contribution in [1.29, 1.82) is 0 Å². The second-order valence-electron chi connectivity index (χ2n) is 4.81. The average Bonchev–Trinajstić information content (AvgIpc) is 2.51. The van der Waals surface area contributed by atoms with Gasteiger partial charge in [0.2, 0.25) is 0 Å². The average molecular weight is 256 g/mol. The van der Waals surface area contributed by atoms with Crippen LogP contribution in [-0.2, 0) is 0 Å². The van der Waals surface area contributed by atoms with Gasteiger partial charge in [0.05, 0.1) is 23.5 Å². The Bertz CT molecular complexity index is 426. The second-order valence-corrected chi connectivity index (χ2v) is 4.81. The predicted octanol–water partition coefficient (Wildman–Crippen LogP) is 2.65. The highest BCUT2D eigenvalue weighted by Gasteiger charge is 2.22. The molecule has 0 aromatic heterocycles. The molecule has 0 amide bonds. The van der Waals surface area contributed by atoms with Gasteiger partial charge in [0.25, 0.3) is 0 Å². The predicted molar refractivity (Wildman–Crippen MR) is 67.3 cm³/mol. The van der Waals surface area contributed by atoms with E-state index >= 15 is 0 Å². The molecule has 100 valence electrons. The van der Waals surface area contributed by atoms with E-state index in [1.165, 1.54) is 0 Å². The molecule has 5 heteroatoms. The van der Waals surface area contributed by atoms with Gasteiger partial charge in [0.15, 0.2) is 5.82 Å². The minimum atomic E-state index is -0.777. The molecule has 1 aromatic carbocycles. The van der Waals surface area contributed by atoms with E-state index in [2.05, 4.69) is 5.32 Å². The van der Waals surface area contributed by atoms with Crippen LogP contribution >= 0.6 is 0 Å². The van der Waals surface area contributed by atoms with E-state index in [0.717, 1.165) is 37.8 Å². The van der Waals surface area contributed by atoms with Crippen LogP contribution in [0.3, 0.4) is 0 Å². The Kier molecular flexibility index (Phi) is 4.01. The van der Waals surface area contributed by atoms with E-state index in [4.69, 9.17) is 5.73 Å². The van der Waals surface area contributed by atoms with Crippen molar-refractivity contribution in [2.75, 3.05) is 11.1 Å². The lowest BCUT2D eigenvalue weighted by Gasteiger charge is -2.23. The molecule has 1 aliphatic carbocycles. The molecule has 0 spiro atoms. The third-order valence-corrected chi connectivity index (χ3v) is 3.41. The molecule has 2 atom stereocenters. The van der Waals surface area contributed by atoms with Crippen LogP contribution in [-0.4, -0.2) is 17.3 Å². The number of anilines is 2. The van der Waals surface area contributed by atoms with Crippen molar-refractivity contribution in [2.24, 2.45) is 0 Å². The normalized spacial score (nSPS) is 24.6. The Labute approximate surface area is 105 Å².